The quantitative estimate of drug-likeness (QED) is 0.636. The van der Waals surface area contributed by atoms with Crippen molar-refractivity contribution >= 4 is 12.1 Å². The Morgan fingerprint density at radius 2 is 1.77 bits per heavy atom. The Morgan fingerprint density at radius 3 is 2.35 bits per heavy atom. The number of benzene rings is 2. The molecular formula is C21H26N2O3. The Labute approximate surface area is 155 Å². The summed E-state index contributed by atoms with van der Waals surface area (Å²) in [7, 11) is 3.18. The smallest absolute Gasteiger partial charge is 0.244 e. The highest BCUT2D eigenvalue weighted by Gasteiger charge is 2.13. The fraction of sp³-hybridized carbons (Fsp3) is 0.333. The summed E-state index contributed by atoms with van der Waals surface area (Å²) < 4.78 is 10.5. The molecule has 1 amide bonds. The highest BCUT2D eigenvalue weighted by Crippen LogP contribution is 2.23. The van der Waals surface area contributed by atoms with E-state index in [1.54, 1.807) is 38.6 Å². The number of rotatable bonds is 6. The van der Waals surface area contributed by atoms with Crippen molar-refractivity contribution in [1.29, 1.82) is 0 Å². The van der Waals surface area contributed by atoms with Gasteiger partial charge in [0, 0.05) is 5.56 Å². The van der Waals surface area contributed by atoms with E-state index in [0.717, 1.165) is 11.1 Å². The zero-order valence-corrected chi connectivity index (χ0v) is 16.0. The van der Waals surface area contributed by atoms with Gasteiger partial charge in [-0.15, -0.1) is 0 Å². The van der Waals surface area contributed by atoms with E-state index in [-0.39, 0.29) is 17.7 Å². The number of nitrogens with zero attached hydrogens (tertiary/aromatic N) is 1. The van der Waals surface area contributed by atoms with Gasteiger partial charge >= 0.3 is 0 Å². The molecule has 138 valence electrons. The zero-order valence-electron chi connectivity index (χ0n) is 16.0. The molecule has 0 aliphatic heterocycles. The molecule has 2 aromatic carbocycles. The fourth-order valence-electron chi connectivity index (χ4n) is 2.46. The van der Waals surface area contributed by atoms with Gasteiger partial charge in [-0.05, 0) is 34.7 Å². The predicted molar refractivity (Wildman–Crippen MR) is 104 cm³/mol. The molecule has 0 heterocycles. The minimum atomic E-state index is -0.174. The highest BCUT2D eigenvalue weighted by molar-refractivity contribution is 5.86. The Balaban J connectivity index is 1.97. The van der Waals surface area contributed by atoms with Crippen LogP contribution in [0.2, 0.25) is 0 Å². The predicted octanol–water partition coefficient (Wildman–Crippen LogP) is 3.69. The van der Waals surface area contributed by atoms with E-state index in [0.29, 0.717) is 11.5 Å². The first-order valence-electron chi connectivity index (χ1n) is 8.47. The largest absolute Gasteiger partial charge is 0.497 e. The van der Waals surface area contributed by atoms with Gasteiger partial charge in [-0.2, -0.15) is 5.10 Å². The van der Waals surface area contributed by atoms with Gasteiger partial charge in [-0.1, -0.05) is 45.0 Å². The molecule has 0 aromatic heterocycles. The number of nitrogens with one attached hydrogen (secondary N) is 1. The lowest BCUT2D eigenvalue weighted by atomic mass is 9.86. The molecule has 0 atom stereocenters. The molecule has 2 aromatic rings. The number of carbonyl (C=O) groups excluding carboxylic acids is 1. The van der Waals surface area contributed by atoms with Crippen molar-refractivity contribution in [3.05, 3.63) is 59.2 Å². The molecule has 0 spiro atoms. The average molecular weight is 354 g/mol. The molecule has 0 bridgehead atoms. The molecule has 0 saturated heterocycles. The molecule has 26 heavy (non-hydrogen) atoms. The van der Waals surface area contributed by atoms with Crippen LogP contribution in [0.4, 0.5) is 0 Å². The number of carbonyl (C=O) groups is 1. The lowest BCUT2D eigenvalue weighted by molar-refractivity contribution is -0.120. The molecular weight excluding hydrogens is 328 g/mol. The summed E-state index contributed by atoms with van der Waals surface area (Å²) in [5.74, 6) is 1.17. The molecule has 2 rings (SSSR count). The molecule has 0 unspecified atom stereocenters. The van der Waals surface area contributed by atoms with Crippen molar-refractivity contribution in [2.24, 2.45) is 5.10 Å². The van der Waals surface area contributed by atoms with Crippen LogP contribution >= 0.6 is 0 Å². The van der Waals surface area contributed by atoms with Gasteiger partial charge in [-0.25, -0.2) is 5.43 Å². The average Bonchev–Trinajstić information content (AvgIpc) is 2.61. The maximum absolute atomic E-state index is 12.1. The van der Waals surface area contributed by atoms with Crippen LogP contribution in [-0.2, 0) is 16.6 Å². The summed E-state index contributed by atoms with van der Waals surface area (Å²) in [6.07, 6.45) is 1.82. The summed E-state index contributed by atoms with van der Waals surface area (Å²) >= 11 is 0. The van der Waals surface area contributed by atoms with E-state index < -0.39 is 0 Å². The van der Waals surface area contributed by atoms with E-state index >= 15 is 0 Å². The Bertz CT molecular complexity index is 775. The lowest BCUT2D eigenvalue weighted by Gasteiger charge is -2.19. The number of hydrazone groups is 1. The Kier molecular flexibility index (Phi) is 6.39. The molecule has 0 aliphatic carbocycles. The van der Waals surface area contributed by atoms with Crippen molar-refractivity contribution < 1.29 is 14.3 Å². The summed E-state index contributed by atoms with van der Waals surface area (Å²) in [5.41, 5.74) is 5.56. The van der Waals surface area contributed by atoms with Gasteiger partial charge in [0.05, 0.1) is 26.9 Å². The minimum absolute atomic E-state index is 0.0981. The molecule has 5 nitrogen and oxygen atoms in total. The van der Waals surface area contributed by atoms with E-state index in [2.05, 4.69) is 43.4 Å². The molecule has 0 saturated carbocycles. The second-order valence-electron chi connectivity index (χ2n) is 7.02. The first-order chi connectivity index (χ1) is 12.3. The molecule has 5 heteroatoms. The maximum atomic E-state index is 12.1. The standard InChI is InChI=1S/C21H26N2O3/c1-21(2,3)17-8-6-15(7-9-17)12-20(24)23-22-14-16-13-18(25-4)10-11-19(16)26-5/h6-11,13-14H,12H2,1-5H3,(H,23,24)/b22-14-. The SMILES string of the molecule is COc1ccc(OC)c(/C=N\NC(=O)Cc2ccc(C(C)(C)C)cc2)c1. The second-order valence-corrected chi connectivity index (χ2v) is 7.02. The number of amides is 1. The van der Waals surface area contributed by atoms with Gasteiger partial charge in [0.2, 0.25) is 5.91 Å². The van der Waals surface area contributed by atoms with Crippen LogP contribution in [0.5, 0.6) is 11.5 Å². The van der Waals surface area contributed by atoms with Gasteiger partial charge in [0.15, 0.2) is 0 Å². The van der Waals surface area contributed by atoms with E-state index in [1.165, 1.54) is 5.56 Å². The fourth-order valence-corrected chi connectivity index (χ4v) is 2.46. The number of hydrogen-bond acceptors (Lipinski definition) is 4. The van der Waals surface area contributed by atoms with Gasteiger partial charge in [-0.3, -0.25) is 4.79 Å². The van der Waals surface area contributed by atoms with Crippen molar-refractivity contribution in [3.8, 4) is 11.5 Å². The van der Waals surface area contributed by atoms with Crippen LogP contribution in [0.15, 0.2) is 47.6 Å². The van der Waals surface area contributed by atoms with Gasteiger partial charge < -0.3 is 9.47 Å². The summed E-state index contributed by atoms with van der Waals surface area (Å²) in [5, 5.41) is 4.02. The van der Waals surface area contributed by atoms with E-state index in [9.17, 15) is 4.79 Å². The minimum Gasteiger partial charge on any atom is -0.497 e. The van der Waals surface area contributed by atoms with Crippen LogP contribution in [-0.4, -0.2) is 26.3 Å². The van der Waals surface area contributed by atoms with Crippen LogP contribution in [0.1, 0.15) is 37.5 Å². The number of methoxy groups -OCH3 is 2. The topological polar surface area (TPSA) is 59.9 Å². The number of ether oxygens (including phenoxy) is 2. The lowest BCUT2D eigenvalue weighted by Crippen LogP contribution is -2.20. The first kappa shape index (κ1) is 19.5. The van der Waals surface area contributed by atoms with Crippen LogP contribution in [0.3, 0.4) is 0 Å². The molecule has 0 fully saturated rings. The van der Waals surface area contributed by atoms with Crippen LogP contribution in [0, 0.1) is 0 Å². The van der Waals surface area contributed by atoms with Crippen molar-refractivity contribution in [2.75, 3.05) is 14.2 Å². The van der Waals surface area contributed by atoms with Crippen LogP contribution in [0.25, 0.3) is 0 Å². The van der Waals surface area contributed by atoms with Gasteiger partial charge in [0.25, 0.3) is 0 Å². The third-order valence-corrected chi connectivity index (χ3v) is 4.01. The first-order valence-corrected chi connectivity index (χ1v) is 8.47. The normalized spacial score (nSPS) is 11.4. The van der Waals surface area contributed by atoms with E-state index in [4.69, 9.17) is 9.47 Å². The molecule has 0 radical (unpaired) electrons. The monoisotopic (exact) mass is 354 g/mol. The molecule has 0 aliphatic rings. The third-order valence-electron chi connectivity index (χ3n) is 4.01. The zero-order chi connectivity index (χ0) is 19.2. The van der Waals surface area contributed by atoms with Crippen molar-refractivity contribution in [2.45, 2.75) is 32.6 Å². The van der Waals surface area contributed by atoms with Crippen molar-refractivity contribution in [3.63, 3.8) is 0 Å². The third kappa shape index (κ3) is 5.34. The highest BCUT2D eigenvalue weighted by atomic mass is 16.5. The Hall–Kier alpha value is -2.82. The molecule has 1 N–H and O–H groups in total. The summed E-state index contributed by atoms with van der Waals surface area (Å²) in [6.45, 7) is 6.49. The summed E-state index contributed by atoms with van der Waals surface area (Å²) in [4.78, 5) is 12.1. The number of hydrogen-bond donors (Lipinski definition) is 1. The van der Waals surface area contributed by atoms with Gasteiger partial charge in [0.1, 0.15) is 11.5 Å². The van der Waals surface area contributed by atoms with Crippen LogP contribution < -0.4 is 14.9 Å². The second kappa shape index (κ2) is 8.52. The maximum Gasteiger partial charge on any atom is 0.244 e. The Morgan fingerprint density at radius 1 is 1.08 bits per heavy atom. The van der Waals surface area contributed by atoms with Crippen molar-refractivity contribution in [1.82, 2.24) is 5.43 Å². The summed E-state index contributed by atoms with van der Waals surface area (Å²) in [6, 6.07) is 13.5. The van der Waals surface area contributed by atoms with E-state index in [1.807, 2.05) is 12.1 Å².